The lowest BCUT2D eigenvalue weighted by Crippen LogP contribution is -2.48. The molecule has 0 saturated heterocycles. The molecule has 1 amide bonds. The number of thiophene rings is 1. The summed E-state index contributed by atoms with van der Waals surface area (Å²) in [5.74, 6) is -0.596. The number of amides is 1. The van der Waals surface area contributed by atoms with Crippen LogP contribution in [0.15, 0.2) is 40.2 Å². The van der Waals surface area contributed by atoms with E-state index in [1.165, 1.54) is 11.4 Å². The van der Waals surface area contributed by atoms with Gasteiger partial charge in [0.05, 0.1) is 11.7 Å². The maximum Gasteiger partial charge on any atom is 0.250 e. The smallest absolute Gasteiger partial charge is 0.250 e. The Labute approximate surface area is 150 Å². The van der Waals surface area contributed by atoms with E-state index < -0.39 is 15.9 Å². The first-order valence-corrected chi connectivity index (χ1v) is 10.2. The zero-order chi connectivity index (χ0) is 18.0. The molecule has 0 radical (unpaired) electrons. The number of sulfonamides is 1. The highest BCUT2D eigenvalue weighted by molar-refractivity contribution is 7.91. The van der Waals surface area contributed by atoms with Gasteiger partial charge in [0.1, 0.15) is 4.21 Å². The van der Waals surface area contributed by atoms with E-state index in [2.05, 4.69) is 9.71 Å². The van der Waals surface area contributed by atoms with Gasteiger partial charge >= 0.3 is 0 Å². The van der Waals surface area contributed by atoms with E-state index in [-0.39, 0.29) is 27.8 Å². The normalized spacial score (nSPS) is 21.5. The van der Waals surface area contributed by atoms with Gasteiger partial charge in [-0.1, -0.05) is 0 Å². The number of hydrogen-bond donors (Lipinski definition) is 3. The first-order chi connectivity index (χ1) is 11.8. The fraction of sp³-hybridized carbons (Fsp3) is 0.375. The number of nitrogens with one attached hydrogen (secondary N) is 1. The highest BCUT2D eigenvalue weighted by Gasteiger charge is 2.36. The maximum absolute atomic E-state index is 12.7. The lowest BCUT2D eigenvalue weighted by molar-refractivity contribution is 0.0283. The molecule has 1 aliphatic rings. The van der Waals surface area contributed by atoms with Gasteiger partial charge in [-0.3, -0.25) is 9.78 Å². The van der Waals surface area contributed by atoms with Crippen molar-refractivity contribution < 1.29 is 18.3 Å². The third kappa shape index (κ3) is 4.24. The summed E-state index contributed by atoms with van der Waals surface area (Å²) >= 11 is 0.960. The predicted molar refractivity (Wildman–Crippen MR) is 93.6 cm³/mol. The quantitative estimate of drug-likeness (QED) is 0.658. The Kier molecular flexibility index (Phi) is 5.19. The van der Waals surface area contributed by atoms with Gasteiger partial charge in [-0.05, 0) is 48.9 Å². The maximum atomic E-state index is 12.7. The second kappa shape index (κ2) is 7.20. The van der Waals surface area contributed by atoms with Crippen molar-refractivity contribution >= 4 is 27.3 Å². The fourth-order valence-corrected chi connectivity index (χ4v) is 5.37. The highest BCUT2D eigenvalue weighted by atomic mass is 32.2. The molecule has 1 fully saturated rings. The van der Waals surface area contributed by atoms with Crippen LogP contribution in [0.5, 0.6) is 0 Å². The Hall–Kier alpha value is -1.81. The molecule has 134 valence electrons. The van der Waals surface area contributed by atoms with Crippen molar-refractivity contribution in [2.75, 3.05) is 0 Å². The van der Waals surface area contributed by atoms with Crippen LogP contribution in [-0.2, 0) is 16.4 Å². The predicted octanol–water partition coefficient (Wildman–Crippen LogP) is 0.902. The first-order valence-electron chi connectivity index (χ1n) is 7.83. The molecule has 9 heteroatoms. The minimum atomic E-state index is -3.77. The number of aromatic nitrogens is 1. The number of primary amides is 1. The van der Waals surface area contributed by atoms with Crippen LogP contribution in [0.4, 0.5) is 0 Å². The average molecular weight is 381 g/mol. The van der Waals surface area contributed by atoms with Crippen molar-refractivity contribution in [2.24, 2.45) is 11.7 Å². The van der Waals surface area contributed by atoms with E-state index in [1.807, 2.05) is 12.1 Å². The minimum Gasteiger partial charge on any atom is -0.393 e. The second-order valence-corrected chi connectivity index (χ2v) is 9.04. The summed E-state index contributed by atoms with van der Waals surface area (Å²) < 4.78 is 28.1. The summed E-state index contributed by atoms with van der Waals surface area (Å²) in [5, 5.41) is 11.0. The summed E-state index contributed by atoms with van der Waals surface area (Å²) in [5.41, 5.74) is 6.33. The van der Waals surface area contributed by atoms with Crippen molar-refractivity contribution in [3.8, 4) is 0 Å². The zero-order valence-electron chi connectivity index (χ0n) is 13.3. The molecule has 2 aromatic heterocycles. The van der Waals surface area contributed by atoms with E-state index in [0.29, 0.717) is 19.3 Å². The highest BCUT2D eigenvalue weighted by Crippen LogP contribution is 2.33. The summed E-state index contributed by atoms with van der Waals surface area (Å²) in [6.45, 7) is 0. The standard InChI is InChI=1S/C16H19N3O4S2/c17-16(21)12-8-15(24-9-12)25(22,23)19-14(11-6-13(20)7-11)5-10-1-3-18-4-2-10/h1-4,8-9,11,13-14,19-20H,5-7H2,(H2,17,21)/t11?,13?,14-/m0/s1. The van der Waals surface area contributed by atoms with Crippen molar-refractivity contribution in [3.05, 3.63) is 47.1 Å². The van der Waals surface area contributed by atoms with Gasteiger partial charge in [0.15, 0.2) is 0 Å². The van der Waals surface area contributed by atoms with E-state index >= 15 is 0 Å². The summed E-state index contributed by atoms with van der Waals surface area (Å²) in [6.07, 6.45) is 4.58. The molecule has 1 atom stereocenters. The Morgan fingerprint density at radius 3 is 2.64 bits per heavy atom. The van der Waals surface area contributed by atoms with Crippen LogP contribution in [-0.4, -0.2) is 36.6 Å². The Bertz CT molecular complexity index is 845. The van der Waals surface area contributed by atoms with Crippen LogP contribution in [0.2, 0.25) is 0 Å². The number of carbonyl (C=O) groups is 1. The van der Waals surface area contributed by atoms with Crippen LogP contribution in [0.1, 0.15) is 28.8 Å². The second-order valence-electron chi connectivity index (χ2n) is 6.19. The molecule has 3 rings (SSSR count). The van der Waals surface area contributed by atoms with Gasteiger partial charge in [0.2, 0.25) is 15.9 Å². The number of nitrogens with two attached hydrogens (primary N) is 1. The average Bonchev–Trinajstić information content (AvgIpc) is 3.03. The van der Waals surface area contributed by atoms with E-state index in [0.717, 1.165) is 16.9 Å². The molecule has 0 aromatic carbocycles. The topological polar surface area (TPSA) is 122 Å². The third-order valence-corrected chi connectivity index (χ3v) is 7.28. The Morgan fingerprint density at radius 2 is 2.08 bits per heavy atom. The van der Waals surface area contributed by atoms with E-state index in [4.69, 9.17) is 5.73 Å². The number of aliphatic hydroxyl groups is 1. The van der Waals surface area contributed by atoms with Crippen LogP contribution in [0, 0.1) is 5.92 Å². The molecule has 1 saturated carbocycles. The molecule has 0 unspecified atom stereocenters. The lowest BCUT2D eigenvalue weighted by atomic mass is 9.76. The molecule has 25 heavy (non-hydrogen) atoms. The largest absolute Gasteiger partial charge is 0.393 e. The summed E-state index contributed by atoms with van der Waals surface area (Å²) in [6, 6.07) is 4.63. The number of carbonyl (C=O) groups excluding carboxylic acids is 1. The SMILES string of the molecule is NC(=O)c1csc(S(=O)(=O)N[C@@H](Cc2ccncc2)C2CC(O)C2)c1. The molecule has 0 spiro atoms. The van der Waals surface area contributed by atoms with Crippen molar-refractivity contribution in [2.45, 2.75) is 35.6 Å². The molecule has 0 aliphatic heterocycles. The number of nitrogens with zero attached hydrogens (tertiary/aromatic N) is 1. The zero-order valence-corrected chi connectivity index (χ0v) is 15.0. The van der Waals surface area contributed by atoms with Gasteiger partial charge in [-0.2, -0.15) is 0 Å². The van der Waals surface area contributed by atoms with Crippen molar-refractivity contribution in [3.63, 3.8) is 0 Å². The van der Waals surface area contributed by atoms with E-state index in [9.17, 15) is 18.3 Å². The molecular formula is C16H19N3O4S2. The lowest BCUT2D eigenvalue weighted by Gasteiger charge is -2.38. The molecule has 2 aromatic rings. The van der Waals surface area contributed by atoms with Crippen molar-refractivity contribution in [1.29, 1.82) is 0 Å². The van der Waals surface area contributed by atoms with Gasteiger partial charge in [0, 0.05) is 23.8 Å². The Balaban J connectivity index is 1.79. The van der Waals surface area contributed by atoms with Gasteiger partial charge in [-0.15, -0.1) is 11.3 Å². The van der Waals surface area contributed by atoms with Crippen LogP contribution in [0.25, 0.3) is 0 Å². The van der Waals surface area contributed by atoms with Crippen LogP contribution in [0.3, 0.4) is 0 Å². The summed E-state index contributed by atoms with van der Waals surface area (Å²) in [4.78, 5) is 15.1. The van der Waals surface area contributed by atoms with E-state index in [1.54, 1.807) is 12.4 Å². The molecular weight excluding hydrogens is 362 g/mol. The third-order valence-electron chi connectivity index (χ3n) is 4.35. The Morgan fingerprint density at radius 1 is 1.40 bits per heavy atom. The fourth-order valence-electron chi connectivity index (χ4n) is 2.88. The molecule has 0 bridgehead atoms. The van der Waals surface area contributed by atoms with Crippen molar-refractivity contribution in [1.82, 2.24) is 9.71 Å². The summed E-state index contributed by atoms with van der Waals surface area (Å²) in [7, 11) is -3.77. The first kappa shape index (κ1) is 18.0. The van der Waals surface area contributed by atoms with Crippen LogP contribution >= 0.6 is 11.3 Å². The molecule has 2 heterocycles. The minimum absolute atomic E-state index is 0.0564. The van der Waals surface area contributed by atoms with Gasteiger partial charge in [0.25, 0.3) is 0 Å². The molecule has 4 N–H and O–H groups in total. The van der Waals surface area contributed by atoms with Gasteiger partial charge < -0.3 is 10.8 Å². The molecule has 7 nitrogen and oxygen atoms in total. The number of aliphatic hydroxyl groups excluding tert-OH is 1. The van der Waals surface area contributed by atoms with Gasteiger partial charge in [-0.25, -0.2) is 13.1 Å². The monoisotopic (exact) mass is 381 g/mol. The number of pyridine rings is 1. The van der Waals surface area contributed by atoms with Crippen LogP contribution < -0.4 is 10.5 Å². The molecule has 1 aliphatic carbocycles. The number of rotatable bonds is 7. The number of hydrogen-bond acceptors (Lipinski definition) is 6.